The van der Waals surface area contributed by atoms with E-state index in [-0.39, 0.29) is 22.7 Å². The van der Waals surface area contributed by atoms with Gasteiger partial charge in [0.05, 0.1) is 38.4 Å². The molecule has 198 valence electrons. The topological polar surface area (TPSA) is 88.6 Å². The maximum Gasteiger partial charge on any atom is 0.261 e. The molecule has 0 unspecified atom stereocenters. The summed E-state index contributed by atoms with van der Waals surface area (Å²) in [6.07, 6.45) is 0. The molecule has 0 aliphatic heterocycles. The number of thiazole rings is 1. The number of nitrogens with zero attached hydrogens (tertiary/aromatic N) is 2. The van der Waals surface area contributed by atoms with Crippen LogP contribution >= 0.6 is 34.5 Å². The standard InChI is InChI=1S/C27H25Cl2N3O4S2/c1-17(2)26-30-19(16-37-26)15-32(3)27(33)22-14-18(28)8-13-24(22)31-38(34,35)21-11-9-20(10-12-21)36-25-7-5-4-6-23(25)29/h4-14,16-17,31H,15H2,1-3H3. The first-order chi connectivity index (χ1) is 18.0. The summed E-state index contributed by atoms with van der Waals surface area (Å²) in [6.45, 7) is 4.39. The monoisotopic (exact) mass is 589 g/mol. The van der Waals surface area contributed by atoms with Gasteiger partial charge in [0.1, 0.15) is 11.5 Å². The molecule has 0 radical (unpaired) electrons. The van der Waals surface area contributed by atoms with Crippen LogP contribution in [-0.4, -0.2) is 31.3 Å². The lowest BCUT2D eigenvalue weighted by molar-refractivity contribution is 0.0784. The predicted molar refractivity (Wildman–Crippen MR) is 152 cm³/mol. The molecule has 0 saturated heterocycles. The van der Waals surface area contributed by atoms with Gasteiger partial charge in [0.2, 0.25) is 0 Å². The summed E-state index contributed by atoms with van der Waals surface area (Å²) in [6, 6.07) is 17.3. The molecule has 7 nitrogen and oxygen atoms in total. The number of halogens is 2. The van der Waals surface area contributed by atoms with E-state index in [2.05, 4.69) is 23.6 Å². The van der Waals surface area contributed by atoms with Crippen LogP contribution in [0.4, 0.5) is 5.69 Å². The molecule has 1 amide bonds. The maximum absolute atomic E-state index is 13.3. The Hall–Kier alpha value is -3.11. The summed E-state index contributed by atoms with van der Waals surface area (Å²) in [7, 11) is -2.39. The normalized spacial score (nSPS) is 11.4. The molecule has 0 bridgehead atoms. The molecule has 0 fully saturated rings. The number of anilines is 1. The van der Waals surface area contributed by atoms with E-state index < -0.39 is 15.9 Å². The minimum absolute atomic E-state index is 0.00519. The van der Waals surface area contributed by atoms with Crippen molar-refractivity contribution in [3.8, 4) is 11.5 Å². The zero-order valence-corrected chi connectivity index (χ0v) is 24.0. The Bertz CT molecular complexity index is 1550. The summed E-state index contributed by atoms with van der Waals surface area (Å²) in [4.78, 5) is 19.4. The summed E-state index contributed by atoms with van der Waals surface area (Å²) < 4.78 is 34.6. The van der Waals surface area contributed by atoms with E-state index in [1.807, 2.05) is 5.38 Å². The predicted octanol–water partition coefficient (Wildman–Crippen LogP) is 7.44. The van der Waals surface area contributed by atoms with Gasteiger partial charge in [-0.25, -0.2) is 13.4 Å². The highest BCUT2D eigenvalue weighted by Gasteiger charge is 2.22. The molecule has 0 atom stereocenters. The Morgan fingerprint density at radius 2 is 1.79 bits per heavy atom. The van der Waals surface area contributed by atoms with Gasteiger partial charge in [-0.1, -0.05) is 49.2 Å². The molecule has 0 aliphatic rings. The number of benzene rings is 3. The number of sulfonamides is 1. The molecule has 1 heterocycles. The maximum atomic E-state index is 13.3. The summed E-state index contributed by atoms with van der Waals surface area (Å²) in [5, 5.41) is 3.65. The fourth-order valence-electron chi connectivity index (χ4n) is 3.51. The SMILES string of the molecule is CC(C)c1nc(CN(C)C(=O)c2cc(Cl)ccc2NS(=O)(=O)c2ccc(Oc3ccccc3Cl)cc2)cs1. The van der Waals surface area contributed by atoms with Crippen LogP contribution in [0.25, 0.3) is 0 Å². The number of ether oxygens (including phenoxy) is 1. The van der Waals surface area contributed by atoms with Gasteiger partial charge in [-0.05, 0) is 54.6 Å². The van der Waals surface area contributed by atoms with Gasteiger partial charge < -0.3 is 9.64 Å². The molecule has 4 rings (SSSR count). The van der Waals surface area contributed by atoms with Gasteiger partial charge in [0, 0.05) is 23.4 Å². The van der Waals surface area contributed by atoms with Crippen LogP contribution in [0.3, 0.4) is 0 Å². The molecular weight excluding hydrogens is 565 g/mol. The third-order valence-electron chi connectivity index (χ3n) is 5.46. The van der Waals surface area contributed by atoms with Gasteiger partial charge in [-0.2, -0.15) is 0 Å². The highest BCUT2D eigenvalue weighted by Crippen LogP contribution is 2.30. The highest BCUT2D eigenvalue weighted by atomic mass is 35.5. The van der Waals surface area contributed by atoms with E-state index in [4.69, 9.17) is 27.9 Å². The zero-order chi connectivity index (χ0) is 27.4. The second kappa shape index (κ2) is 11.7. The van der Waals surface area contributed by atoms with E-state index in [1.54, 1.807) is 42.6 Å². The van der Waals surface area contributed by atoms with E-state index in [0.29, 0.717) is 27.5 Å². The van der Waals surface area contributed by atoms with Gasteiger partial charge in [-0.3, -0.25) is 9.52 Å². The van der Waals surface area contributed by atoms with Gasteiger partial charge in [-0.15, -0.1) is 11.3 Å². The van der Waals surface area contributed by atoms with Crippen LogP contribution in [0.2, 0.25) is 10.0 Å². The molecule has 11 heteroatoms. The Labute approximate surface area is 236 Å². The first kappa shape index (κ1) is 27.9. The molecule has 0 spiro atoms. The van der Waals surface area contributed by atoms with Crippen molar-refractivity contribution < 1.29 is 17.9 Å². The van der Waals surface area contributed by atoms with Gasteiger partial charge >= 0.3 is 0 Å². The van der Waals surface area contributed by atoms with Crippen molar-refractivity contribution in [2.45, 2.75) is 31.2 Å². The number of nitrogens with one attached hydrogen (secondary N) is 1. The highest BCUT2D eigenvalue weighted by molar-refractivity contribution is 7.92. The lowest BCUT2D eigenvalue weighted by atomic mass is 10.1. The quantitative estimate of drug-likeness (QED) is 0.219. The van der Waals surface area contributed by atoms with Crippen LogP contribution in [0, 0.1) is 0 Å². The number of rotatable bonds is 9. The molecule has 1 N–H and O–H groups in total. The van der Waals surface area contributed by atoms with Crippen molar-refractivity contribution in [2.24, 2.45) is 0 Å². The molecule has 4 aromatic rings. The molecule has 1 aromatic heterocycles. The number of carbonyl (C=O) groups excluding carboxylic acids is 1. The molecule has 3 aromatic carbocycles. The average molecular weight is 591 g/mol. The fourth-order valence-corrected chi connectivity index (χ4v) is 5.76. The summed E-state index contributed by atoms with van der Waals surface area (Å²) >= 11 is 13.8. The molecular formula is C27H25Cl2N3O4S2. The zero-order valence-electron chi connectivity index (χ0n) is 20.8. The fraction of sp³-hybridized carbons (Fsp3) is 0.185. The summed E-state index contributed by atoms with van der Waals surface area (Å²) in [5.74, 6) is 0.770. The second-order valence-electron chi connectivity index (χ2n) is 8.79. The van der Waals surface area contributed by atoms with Crippen molar-refractivity contribution >= 4 is 56.2 Å². The first-order valence-corrected chi connectivity index (χ1v) is 14.7. The molecule has 0 saturated carbocycles. The minimum Gasteiger partial charge on any atom is -0.456 e. The van der Waals surface area contributed by atoms with E-state index in [1.165, 1.54) is 47.4 Å². The van der Waals surface area contributed by atoms with E-state index in [9.17, 15) is 13.2 Å². The lowest BCUT2D eigenvalue weighted by Crippen LogP contribution is -2.28. The third-order valence-corrected chi connectivity index (χ3v) is 8.59. The molecule has 0 aliphatic carbocycles. The van der Waals surface area contributed by atoms with Crippen molar-refractivity contribution in [1.29, 1.82) is 0 Å². The largest absolute Gasteiger partial charge is 0.456 e. The van der Waals surface area contributed by atoms with Crippen molar-refractivity contribution in [3.05, 3.63) is 98.4 Å². The molecule has 38 heavy (non-hydrogen) atoms. The van der Waals surface area contributed by atoms with E-state index >= 15 is 0 Å². The Kier molecular flexibility index (Phi) is 8.62. The summed E-state index contributed by atoms with van der Waals surface area (Å²) in [5.41, 5.74) is 1.00. The van der Waals surface area contributed by atoms with Gasteiger partial charge in [0.25, 0.3) is 15.9 Å². The van der Waals surface area contributed by atoms with Crippen LogP contribution in [-0.2, 0) is 16.6 Å². The average Bonchev–Trinajstić information content (AvgIpc) is 3.35. The van der Waals surface area contributed by atoms with Crippen molar-refractivity contribution in [2.75, 3.05) is 11.8 Å². The minimum atomic E-state index is -4.03. The third kappa shape index (κ3) is 6.66. The van der Waals surface area contributed by atoms with E-state index in [0.717, 1.165) is 10.7 Å². The van der Waals surface area contributed by atoms with Crippen LogP contribution in [0.5, 0.6) is 11.5 Å². The Morgan fingerprint density at radius 1 is 1.08 bits per heavy atom. The van der Waals surface area contributed by atoms with Crippen molar-refractivity contribution in [3.63, 3.8) is 0 Å². The smallest absolute Gasteiger partial charge is 0.261 e. The number of hydrogen-bond acceptors (Lipinski definition) is 6. The second-order valence-corrected chi connectivity index (χ2v) is 12.2. The van der Waals surface area contributed by atoms with Gasteiger partial charge in [0.15, 0.2) is 0 Å². The van der Waals surface area contributed by atoms with Crippen LogP contribution in [0.1, 0.15) is 40.8 Å². The van der Waals surface area contributed by atoms with Crippen LogP contribution in [0.15, 0.2) is 77.0 Å². The number of amides is 1. The number of hydrogen-bond donors (Lipinski definition) is 1. The number of para-hydroxylation sites is 1. The Morgan fingerprint density at radius 3 is 2.45 bits per heavy atom. The first-order valence-electron chi connectivity index (χ1n) is 11.6. The van der Waals surface area contributed by atoms with Crippen molar-refractivity contribution in [1.82, 2.24) is 9.88 Å². The lowest BCUT2D eigenvalue weighted by Gasteiger charge is -2.19. The van der Waals surface area contributed by atoms with Crippen LogP contribution < -0.4 is 9.46 Å². The Balaban J connectivity index is 1.52. The number of carbonyl (C=O) groups is 1. The number of aromatic nitrogens is 1.